The quantitative estimate of drug-likeness (QED) is 0.236. The van der Waals surface area contributed by atoms with Crippen LogP contribution in [0.4, 0.5) is 0 Å². The summed E-state index contributed by atoms with van der Waals surface area (Å²) >= 11 is 3.68. The average Bonchev–Trinajstić information content (AvgIpc) is 2.69. The Hall–Kier alpha value is -1.69. The van der Waals surface area contributed by atoms with Gasteiger partial charge in [-0.1, -0.05) is 74.0 Å². The summed E-state index contributed by atoms with van der Waals surface area (Å²) < 4.78 is 17.8. The minimum atomic E-state index is -0.0815. The second-order valence-electron chi connectivity index (χ2n) is 7.90. The number of aliphatic imine (C=N–C) groups is 1. The van der Waals surface area contributed by atoms with Gasteiger partial charge in [0.15, 0.2) is 6.79 Å². The van der Waals surface area contributed by atoms with Gasteiger partial charge in [-0.25, -0.2) is 0 Å². The SMILES string of the molecule is CC[C@H](/N=C/c1ccccc1)c1cc(Br)cc(C(C)(C)C)c1OCOCCOC. The Morgan fingerprint density at radius 1 is 1.10 bits per heavy atom. The van der Waals surface area contributed by atoms with E-state index in [0.29, 0.717) is 13.2 Å². The lowest BCUT2D eigenvalue weighted by molar-refractivity contribution is -0.00974. The van der Waals surface area contributed by atoms with Gasteiger partial charge in [0, 0.05) is 28.9 Å². The van der Waals surface area contributed by atoms with Crippen molar-refractivity contribution in [2.45, 2.75) is 45.6 Å². The van der Waals surface area contributed by atoms with E-state index in [0.717, 1.165) is 33.3 Å². The van der Waals surface area contributed by atoms with E-state index in [1.807, 2.05) is 24.4 Å². The predicted octanol–water partition coefficient (Wildman–Crippen LogP) is 6.32. The highest BCUT2D eigenvalue weighted by Crippen LogP contribution is 2.41. The molecule has 2 rings (SSSR count). The van der Waals surface area contributed by atoms with Crippen LogP contribution in [0, 0.1) is 0 Å². The lowest BCUT2D eigenvalue weighted by Crippen LogP contribution is -2.17. The number of benzene rings is 2. The molecule has 0 bridgehead atoms. The van der Waals surface area contributed by atoms with E-state index in [1.165, 1.54) is 0 Å². The topological polar surface area (TPSA) is 40.0 Å². The van der Waals surface area contributed by atoms with Crippen LogP contribution >= 0.6 is 15.9 Å². The Kier molecular flexibility index (Phi) is 9.34. The largest absolute Gasteiger partial charge is 0.467 e. The molecule has 0 amide bonds. The van der Waals surface area contributed by atoms with Crippen molar-refractivity contribution in [2.75, 3.05) is 27.1 Å². The van der Waals surface area contributed by atoms with Crippen molar-refractivity contribution in [3.8, 4) is 5.75 Å². The third-order valence-corrected chi connectivity index (χ3v) is 5.02. The first-order chi connectivity index (χ1) is 13.9. The molecule has 2 aromatic rings. The van der Waals surface area contributed by atoms with Crippen LogP contribution in [0.1, 0.15) is 56.8 Å². The molecule has 0 N–H and O–H groups in total. The molecule has 4 nitrogen and oxygen atoms in total. The minimum Gasteiger partial charge on any atom is -0.467 e. The molecule has 0 radical (unpaired) electrons. The number of halogens is 1. The number of methoxy groups -OCH3 is 1. The first kappa shape index (κ1) is 23.6. The van der Waals surface area contributed by atoms with Gasteiger partial charge >= 0.3 is 0 Å². The predicted molar refractivity (Wildman–Crippen MR) is 123 cm³/mol. The van der Waals surface area contributed by atoms with Crippen molar-refractivity contribution in [1.29, 1.82) is 0 Å². The molecule has 1 atom stereocenters. The molecule has 0 aromatic heterocycles. The van der Waals surface area contributed by atoms with Crippen molar-refractivity contribution in [1.82, 2.24) is 0 Å². The summed E-state index contributed by atoms with van der Waals surface area (Å²) in [5.74, 6) is 0.857. The van der Waals surface area contributed by atoms with E-state index in [2.05, 4.69) is 67.9 Å². The molecular formula is C24H32BrNO3. The van der Waals surface area contributed by atoms with Crippen molar-refractivity contribution in [3.63, 3.8) is 0 Å². The molecule has 0 heterocycles. The molecule has 158 valence electrons. The molecule has 0 fully saturated rings. The van der Waals surface area contributed by atoms with Crippen molar-refractivity contribution in [2.24, 2.45) is 4.99 Å². The molecule has 2 aromatic carbocycles. The molecular weight excluding hydrogens is 430 g/mol. The number of nitrogens with zero attached hydrogens (tertiary/aromatic N) is 1. The Labute approximate surface area is 183 Å². The van der Waals surface area contributed by atoms with Gasteiger partial charge in [0.2, 0.25) is 0 Å². The second kappa shape index (κ2) is 11.5. The van der Waals surface area contributed by atoms with Gasteiger partial charge in [-0.2, -0.15) is 0 Å². The lowest BCUT2D eigenvalue weighted by Gasteiger charge is -2.27. The summed E-state index contributed by atoms with van der Waals surface area (Å²) in [6, 6.07) is 14.4. The maximum Gasteiger partial charge on any atom is 0.189 e. The van der Waals surface area contributed by atoms with E-state index in [9.17, 15) is 0 Å². The normalized spacial score (nSPS) is 13.0. The van der Waals surface area contributed by atoms with E-state index >= 15 is 0 Å². The Bertz CT molecular complexity index is 785. The van der Waals surface area contributed by atoms with E-state index in [1.54, 1.807) is 7.11 Å². The summed E-state index contributed by atoms with van der Waals surface area (Å²) in [6.45, 7) is 9.92. The number of hydrogen-bond donors (Lipinski definition) is 0. The standard InChI is InChI=1S/C24H32BrNO3/c1-6-22(26-16-18-10-8-7-9-11-18)20-14-19(25)15-21(24(2,3)4)23(20)29-17-28-13-12-27-5/h7-11,14-16,22H,6,12-13,17H2,1-5H3/b26-16+/t22-/m0/s1. The van der Waals surface area contributed by atoms with Gasteiger partial charge in [0.1, 0.15) is 5.75 Å². The highest BCUT2D eigenvalue weighted by Gasteiger charge is 2.25. The highest BCUT2D eigenvalue weighted by atomic mass is 79.9. The van der Waals surface area contributed by atoms with Crippen molar-refractivity contribution < 1.29 is 14.2 Å². The van der Waals surface area contributed by atoms with Gasteiger partial charge in [-0.05, 0) is 29.5 Å². The van der Waals surface area contributed by atoms with E-state index in [4.69, 9.17) is 19.2 Å². The average molecular weight is 462 g/mol. The van der Waals surface area contributed by atoms with Gasteiger partial charge < -0.3 is 14.2 Å². The smallest absolute Gasteiger partial charge is 0.189 e. The van der Waals surface area contributed by atoms with Gasteiger partial charge in [-0.3, -0.25) is 4.99 Å². The zero-order chi connectivity index (χ0) is 21.3. The molecule has 0 saturated carbocycles. The first-order valence-electron chi connectivity index (χ1n) is 9.98. The fraction of sp³-hybridized carbons (Fsp3) is 0.458. The molecule has 29 heavy (non-hydrogen) atoms. The van der Waals surface area contributed by atoms with Gasteiger partial charge in [-0.15, -0.1) is 0 Å². The van der Waals surface area contributed by atoms with Crippen LogP contribution in [0.5, 0.6) is 5.75 Å². The second-order valence-corrected chi connectivity index (χ2v) is 8.81. The maximum atomic E-state index is 6.16. The summed E-state index contributed by atoms with van der Waals surface area (Å²) in [5.41, 5.74) is 3.20. The molecule has 0 aliphatic rings. The molecule has 0 aliphatic carbocycles. The van der Waals surface area contributed by atoms with Gasteiger partial charge in [0.05, 0.1) is 19.3 Å². The fourth-order valence-corrected chi connectivity index (χ4v) is 3.48. The molecule has 0 aliphatic heterocycles. The van der Waals surface area contributed by atoms with Crippen molar-refractivity contribution in [3.05, 3.63) is 63.6 Å². The zero-order valence-electron chi connectivity index (χ0n) is 18.1. The number of ether oxygens (including phenoxy) is 3. The molecule has 0 saturated heterocycles. The van der Waals surface area contributed by atoms with Crippen LogP contribution in [0.3, 0.4) is 0 Å². The Morgan fingerprint density at radius 3 is 2.45 bits per heavy atom. The van der Waals surface area contributed by atoms with Crippen LogP contribution < -0.4 is 4.74 Å². The molecule has 0 unspecified atom stereocenters. The highest BCUT2D eigenvalue weighted by molar-refractivity contribution is 9.10. The summed E-state index contributed by atoms with van der Waals surface area (Å²) in [5, 5.41) is 0. The number of hydrogen-bond acceptors (Lipinski definition) is 4. The summed E-state index contributed by atoms with van der Waals surface area (Å²) in [6.07, 6.45) is 2.80. The Morgan fingerprint density at radius 2 is 1.83 bits per heavy atom. The fourth-order valence-electron chi connectivity index (χ4n) is 3.00. The third kappa shape index (κ3) is 7.25. The van der Waals surface area contributed by atoms with Crippen LogP contribution in [0.25, 0.3) is 0 Å². The van der Waals surface area contributed by atoms with Crippen LogP contribution in [0.15, 0.2) is 51.9 Å². The summed E-state index contributed by atoms with van der Waals surface area (Å²) in [4.78, 5) is 4.88. The van der Waals surface area contributed by atoms with E-state index in [-0.39, 0.29) is 18.2 Å². The zero-order valence-corrected chi connectivity index (χ0v) is 19.7. The van der Waals surface area contributed by atoms with Crippen LogP contribution in [-0.4, -0.2) is 33.3 Å². The third-order valence-electron chi connectivity index (χ3n) is 4.56. The van der Waals surface area contributed by atoms with Crippen LogP contribution in [-0.2, 0) is 14.9 Å². The van der Waals surface area contributed by atoms with Crippen molar-refractivity contribution >= 4 is 22.1 Å². The molecule has 5 heteroatoms. The van der Waals surface area contributed by atoms with E-state index < -0.39 is 0 Å². The maximum absolute atomic E-state index is 6.16. The first-order valence-corrected chi connectivity index (χ1v) is 10.8. The summed E-state index contributed by atoms with van der Waals surface area (Å²) in [7, 11) is 1.66. The molecule has 0 spiro atoms. The van der Waals surface area contributed by atoms with Gasteiger partial charge in [0.25, 0.3) is 0 Å². The lowest BCUT2D eigenvalue weighted by atomic mass is 9.84. The Balaban J connectivity index is 2.38. The minimum absolute atomic E-state index is 0.0113. The van der Waals surface area contributed by atoms with Crippen LogP contribution in [0.2, 0.25) is 0 Å². The number of rotatable bonds is 10. The monoisotopic (exact) mass is 461 g/mol.